The maximum absolute atomic E-state index is 13.3. The second-order valence-electron chi connectivity index (χ2n) is 4.94. The molecule has 0 fully saturated rings. The van der Waals surface area contributed by atoms with Crippen LogP contribution in [0, 0.1) is 5.82 Å². The molecule has 0 bridgehead atoms. The second kappa shape index (κ2) is 5.82. The molecule has 0 aliphatic carbocycles. The van der Waals surface area contributed by atoms with Crippen LogP contribution in [-0.2, 0) is 17.9 Å². The fourth-order valence-electron chi connectivity index (χ4n) is 1.32. The van der Waals surface area contributed by atoms with E-state index in [-0.39, 0.29) is 18.7 Å². The van der Waals surface area contributed by atoms with E-state index in [0.29, 0.717) is 5.56 Å². The number of amides is 1. The van der Waals surface area contributed by atoms with Crippen molar-refractivity contribution in [2.24, 2.45) is 0 Å². The minimum absolute atomic E-state index is 0.178. The molecule has 1 rings (SSSR count). The Balaban J connectivity index is 2.54. The summed E-state index contributed by atoms with van der Waals surface area (Å²) in [5, 5.41) is 11.4. The topological polar surface area (TPSA) is 58.6 Å². The predicted molar refractivity (Wildman–Crippen MR) is 65.4 cm³/mol. The first-order valence-corrected chi connectivity index (χ1v) is 5.67. The van der Waals surface area contributed by atoms with Crippen molar-refractivity contribution in [1.29, 1.82) is 0 Å². The van der Waals surface area contributed by atoms with Crippen LogP contribution in [0.1, 0.15) is 31.9 Å². The zero-order valence-corrected chi connectivity index (χ0v) is 10.8. The first kappa shape index (κ1) is 14.4. The van der Waals surface area contributed by atoms with E-state index in [9.17, 15) is 9.18 Å². The molecular formula is C13H18FNO3. The number of carbonyl (C=O) groups excluding carboxylic acids is 1. The monoisotopic (exact) mass is 255 g/mol. The molecule has 18 heavy (non-hydrogen) atoms. The van der Waals surface area contributed by atoms with Gasteiger partial charge in [0.1, 0.15) is 11.4 Å². The molecule has 1 aromatic rings. The number of hydrogen-bond donors (Lipinski definition) is 2. The summed E-state index contributed by atoms with van der Waals surface area (Å²) in [6.07, 6.45) is -0.547. The number of rotatable bonds is 3. The first-order chi connectivity index (χ1) is 8.31. The van der Waals surface area contributed by atoms with Crippen molar-refractivity contribution in [2.75, 3.05) is 0 Å². The molecule has 100 valence electrons. The van der Waals surface area contributed by atoms with Crippen LogP contribution in [-0.4, -0.2) is 16.8 Å². The van der Waals surface area contributed by atoms with Gasteiger partial charge in [-0.1, -0.05) is 12.1 Å². The highest BCUT2D eigenvalue weighted by atomic mass is 19.1. The number of halogens is 1. The number of benzene rings is 1. The lowest BCUT2D eigenvalue weighted by Gasteiger charge is -2.19. The van der Waals surface area contributed by atoms with Gasteiger partial charge in [-0.3, -0.25) is 0 Å². The Labute approximate surface area is 106 Å². The molecule has 0 unspecified atom stereocenters. The molecule has 0 atom stereocenters. The largest absolute Gasteiger partial charge is 0.444 e. The van der Waals surface area contributed by atoms with Gasteiger partial charge in [-0.25, -0.2) is 9.18 Å². The highest BCUT2D eigenvalue weighted by Crippen LogP contribution is 2.11. The molecule has 0 heterocycles. The normalized spacial score (nSPS) is 11.2. The van der Waals surface area contributed by atoms with Crippen molar-refractivity contribution in [3.8, 4) is 0 Å². The Morgan fingerprint density at radius 1 is 1.44 bits per heavy atom. The Morgan fingerprint density at radius 2 is 2.11 bits per heavy atom. The molecule has 0 radical (unpaired) electrons. The van der Waals surface area contributed by atoms with E-state index < -0.39 is 17.5 Å². The zero-order valence-electron chi connectivity index (χ0n) is 10.8. The maximum atomic E-state index is 13.3. The Bertz CT molecular complexity index is 427. The third-order valence-corrected chi connectivity index (χ3v) is 2.12. The van der Waals surface area contributed by atoms with Gasteiger partial charge in [0, 0.05) is 12.1 Å². The fraction of sp³-hybridized carbons (Fsp3) is 0.462. The lowest BCUT2D eigenvalue weighted by Crippen LogP contribution is -2.32. The van der Waals surface area contributed by atoms with Crippen LogP contribution in [0.25, 0.3) is 0 Å². The van der Waals surface area contributed by atoms with Crippen LogP contribution >= 0.6 is 0 Å². The summed E-state index contributed by atoms with van der Waals surface area (Å²) in [5.41, 5.74) is 0.280. The van der Waals surface area contributed by atoms with Gasteiger partial charge in [-0.05, 0) is 32.4 Å². The molecule has 0 saturated carbocycles. The zero-order chi connectivity index (χ0) is 13.8. The summed E-state index contributed by atoms with van der Waals surface area (Å²) in [4.78, 5) is 11.4. The maximum Gasteiger partial charge on any atom is 0.407 e. The Kier molecular flexibility index (Phi) is 4.67. The van der Waals surface area contributed by atoms with E-state index >= 15 is 0 Å². The highest BCUT2D eigenvalue weighted by molar-refractivity contribution is 5.67. The van der Waals surface area contributed by atoms with Gasteiger partial charge < -0.3 is 15.2 Å². The third kappa shape index (κ3) is 4.71. The molecule has 1 aromatic carbocycles. The van der Waals surface area contributed by atoms with E-state index in [1.165, 1.54) is 12.1 Å². The van der Waals surface area contributed by atoms with Crippen molar-refractivity contribution < 1.29 is 19.0 Å². The van der Waals surface area contributed by atoms with Crippen molar-refractivity contribution in [1.82, 2.24) is 5.32 Å². The number of hydrogen-bond acceptors (Lipinski definition) is 3. The number of nitrogens with one attached hydrogen (secondary N) is 1. The summed E-state index contributed by atoms with van der Waals surface area (Å²) < 4.78 is 18.4. The lowest BCUT2D eigenvalue weighted by atomic mass is 10.1. The van der Waals surface area contributed by atoms with Crippen LogP contribution in [0.5, 0.6) is 0 Å². The van der Waals surface area contributed by atoms with Crippen LogP contribution in [0.2, 0.25) is 0 Å². The van der Waals surface area contributed by atoms with E-state index in [1.54, 1.807) is 26.8 Å². The minimum Gasteiger partial charge on any atom is -0.444 e. The molecular weight excluding hydrogens is 237 g/mol. The van der Waals surface area contributed by atoms with E-state index in [1.807, 2.05) is 0 Å². The Morgan fingerprint density at radius 3 is 2.61 bits per heavy atom. The average molecular weight is 255 g/mol. The van der Waals surface area contributed by atoms with Crippen LogP contribution < -0.4 is 5.32 Å². The number of aliphatic hydroxyl groups is 1. The molecule has 0 aliphatic heterocycles. The predicted octanol–water partition coefficient (Wildman–Crippen LogP) is 2.34. The highest BCUT2D eigenvalue weighted by Gasteiger charge is 2.15. The van der Waals surface area contributed by atoms with Gasteiger partial charge in [0.05, 0.1) is 6.61 Å². The van der Waals surface area contributed by atoms with Gasteiger partial charge >= 0.3 is 6.09 Å². The third-order valence-electron chi connectivity index (χ3n) is 2.12. The fourth-order valence-corrected chi connectivity index (χ4v) is 1.32. The average Bonchev–Trinajstić information content (AvgIpc) is 2.24. The summed E-state index contributed by atoms with van der Waals surface area (Å²) in [6, 6.07) is 4.41. The van der Waals surface area contributed by atoms with Crippen LogP contribution in [0.15, 0.2) is 18.2 Å². The van der Waals surface area contributed by atoms with E-state index in [4.69, 9.17) is 9.84 Å². The van der Waals surface area contributed by atoms with Gasteiger partial charge in [0.15, 0.2) is 0 Å². The molecule has 2 N–H and O–H groups in total. The quantitative estimate of drug-likeness (QED) is 0.871. The number of alkyl carbamates (subject to hydrolysis) is 1. The molecule has 1 amide bonds. The molecule has 0 aromatic heterocycles. The van der Waals surface area contributed by atoms with Gasteiger partial charge in [-0.2, -0.15) is 0 Å². The van der Waals surface area contributed by atoms with Crippen molar-refractivity contribution in [3.63, 3.8) is 0 Å². The first-order valence-electron chi connectivity index (χ1n) is 5.67. The summed E-state index contributed by atoms with van der Waals surface area (Å²) in [5.74, 6) is -0.485. The molecule has 0 saturated heterocycles. The number of aliphatic hydroxyl groups excluding tert-OH is 1. The SMILES string of the molecule is CC(C)(C)OC(=O)NCc1ccc(CO)c(F)c1. The second-order valence-corrected chi connectivity index (χ2v) is 4.94. The van der Waals surface area contributed by atoms with Crippen molar-refractivity contribution >= 4 is 6.09 Å². The molecule has 0 aliphatic rings. The standard InChI is InChI=1S/C13H18FNO3/c1-13(2,3)18-12(17)15-7-9-4-5-10(8-16)11(14)6-9/h4-6,16H,7-8H2,1-3H3,(H,15,17). The molecule has 0 spiro atoms. The lowest BCUT2D eigenvalue weighted by molar-refractivity contribution is 0.0523. The van der Waals surface area contributed by atoms with Crippen molar-refractivity contribution in [2.45, 2.75) is 39.5 Å². The van der Waals surface area contributed by atoms with E-state index in [0.717, 1.165) is 0 Å². The number of carbonyl (C=O) groups is 1. The molecule has 4 nitrogen and oxygen atoms in total. The van der Waals surface area contributed by atoms with E-state index in [2.05, 4.69) is 5.32 Å². The summed E-state index contributed by atoms with van der Waals surface area (Å²) >= 11 is 0. The Hall–Kier alpha value is -1.62. The summed E-state index contributed by atoms with van der Waals surface area (Å²) in [6.45, 7) is 5.13. The van der Waals surface area contributed by atoms with Crippen molar-refractivity contribution in [3.05, 3.63) is 35.1 Å². The minimum atomic E-state index is -0.559. The van der Waals surface area contributed by atoms with Crippen LogP contribution in [0.4, 0.5) is 9.18 Å². The molecule has 5 heteroatoms. The number of ether oxygens (including phenoxy) is 1. The smallest absolute Gasteiger partial charge is 0.407 e. The van der Waals surface area contributed by atoms with Crippen LogP contribution in [0.3, 0.4) is 0 Å². The van der Waals surface area contributed by atoms with Gasteiger partial charge in [-0.15, -0.1) is 0 Å². The van der Waals surface area contributed by atoms with Gasteiger partial charge in [0.25, 0.3) is 0 Å². The van der Waals surface area contributed by atoms with Gasteiger partial charge in [0.2, 0.25) is 0 Å². The summed E-state index contributed by atoms with van der Waals surface area (Å²) in [7, 11) is 0.